The number of hydrogen-bond acceptors (Lipinski definition) is 26. The van der Waals surface area contributed by atoms with Crippen molar-refractivity contribution in [2.45, 2.75) is 88.5 Å². The molecular formula is C41H49N9O22S. The van der Waals surface area contributed by atoms with Gasteiger partial charge in [-0.15, -0.1) is 40.5 Å². The molecule has 4 rings (SSSR count). The van der Waals surface area contributed by atoms with Gasteiger partial charge in [0.05, 0.1) is 18.6 Å². The first kappa shape index (κ1) is 56.9. The smallest absolute Gasteiger partial charge is 0.493 e. The zero-order valence-electron chi connectivity index (χ0n) is 39.6. The number of sulfonamides is 1. The number of nitrogens with zero attached hydrogens (tertiary/aromatic N) is 9. The summed E-state index contributed by atoms with van der Waals surface area (Å²) in [7, 11) is -3.61. The minimum Gasteiger partial charge on any atom is -0.493 e. The van der Waals surface area contributed by atoms with Gasteiger partial charge in [-0.05, 0) is 73.9 Å². The highest BCUT2D eigenvalue weighted by Crippen LogP contribution is 2.44. The number of hydrogen-bond donors (Lipinski definition) is 0. The van der Waals surface area contributed by atoms with Gasteiger partial charge >= 0.3 is 12.1 Å². The van der Waals surface area contributed by atoms with Crippen molar-refractivity contribution in [1.82, 2.24) is 19.9 Å². The molecule has 73 heavy (non-hydrogen) atoms. The molecule has 396 valence electrons. The number of esters is 1. The van der Waals surface area contributed by atoms with Gasteiger partial charge in [-0.1, -0.05) is 45.0 Å². The predicted molar refractivity (Wildman–Crippen MR) is 242 cm³/mol. The molecule has 3 unspecified atom stereocenters. The fourth-order valence-corrected chi connectivity index (χ4v) is 7.69. The molecule has 2 heterocycles. The quantitative estimate of drug-likeness (QED) is 0.0206. The Bertz CT molecular complexity index is 2630. The largest absolute Gasteiger partial charge is 0.510 e. The van der Waals surface area contributed by atoms with E-state index < -0.39 is 117 Å². The summed E-state index contributed by atoms with van der Waals surface area (Å²) in [6, 6.07) is 13.4. The molecule has 0 aliphatic heterocycles. The highest BCUT2D eigenvalue weighted by molar-refractivity contribution is 7.92. The first-order chi connectivity index (χ1) is 34.6. The van der Waals surface area contributed by atoms with Crippen molar-refractivity contribution in [3.05, 3.63) is 113 Å². The molecule has 2 aromatic heterocycles. The summed E-state index contributed by atoms with van der Waals surface area (Å²) >= 11 is 0. The fourth-order valence-electron chi connectivity index (χ4n) is 6.20. The molecule has 0 aliphatic carbocycles. The minimum absolute atomic E-state index is 0.0411. The maximum atomic E-state index is 15.1. The van der Waals surface area contributed by atoms with E-state index in [1.165, 1.54) is 49.8 Å². The van der Waals surface area contributed by atoms with Gasteiger partial charge in [-0.2, -0.15) is 4.98 Å². The number of carbonyl (C=O) groups excluding carboxylic acids is 2. The van der Waals surface area contributed by atoms with E-state index >= 15 is 8.42 Å². The summed E-state index contributed by atoms with van der Waals surface area (Å²) in [6.07, 6.45) is -4.54. The maximum absolute atomic E-state index is 15.1. The Morgan fingerprint density at radius 1 is 0.726 bits per heavy atom. The lowest BCUT2D eigenvalue weighted by Gasteiger charge is -2.30. The third-order valence-corrected chi connectivity index (χ3v) is 11.4. The third-order valence-electron chi connectivity index (χ3n) is 9.53. The Labute approximate surface area is 414 Å². The summed E-state index contributed by atoms with van der Waals surface area (Å²) in [6.45, 7) is 3.78. The summed E-state index contributed by atoms with van der Waals surface area (Å²) in [5, 5.41) is 38.3. The second-order valence-corrected chi connectivity index (χ2v) is 17.6. The fraction of sp³-hybridized carbons (Fsp3) is 0.463. The molecule has 2 aromatic carbocycles. The first-order valence-corrected chi connectivity index (χ1v) is 23.0. The predicted octanol–water partition coefficient (Wildman–Crippen LogP) is 5.17. The van der Waals surface area contributed by atoms with Crippen LogP contribution in [0.25, 0.3) is 11.6 Å². The number of anilines is 1. The molecule has 4 aromatic rings. The first-order valence-electron chi connectivity index (χ1n) is 21.5. The average Bonchev–Trinajstić information content (AvgIpc) is 3.33. The van der Waals surface area contributed by atoms with Crippen molar-refractivity contribution < 1.29 is 86.1 Å². The van der Waals surface area contributed by atoms with Gasteiger partial charge in [0.15, 0.2) is 29.4 Å². The monoisotopic (exact) mass is 1050 g/mol. The molecule has 0 radical (unpaired) electrons. The van der Waals surface area contributed by atoms with Crippen LogP contribution in [-0.2, 0) is 53.8 Å². The van der Waals surface area contributed by atoms with Crippen LogP contribution in [0.4, 0.5) is 10.6 Å². The molecule has 0 amide bonds. The second kappa shape index (κ2) is 27.0. The summed E-state index contributed by atoms with van der Waals surface area (Å²) in [5.41, 5.74) is 0.330. The SMILES string of the molecule is COc1ccccc1Oc1c(OCCOC(=O)CCCC(CO[N+](=O)[O-])O[N+](=O)[O-])nc(-c2ncccn2)nc1N(C(C)OC(=O)OCCCC(CO[N+](=O)[O-])O[N+](=O)[O-])S(=O)(=O)c1ccc(C(C)(C)C)cc1. The van der Waals surface area contributed by atoms with Crippen molar-refractivity contribution >= 4 is 28.0 Å². The minimum atomic E-state index is -4.94. The van der Waals surface area contributed by atoms with Gasteiger partial charge < -0.3 is 47.8 Å². The number of methoxy groups -OCH3 is 1. The molecular weight excluding hydrogens is 1000 g/mol. The van der Waals surface area contributed by atoms with Gasteiger partial charge in [0.2, 0.25) is 11.6 Å². The van der Waals surface area contributed by atoms with E-state index in [0.717, 1.165) is 12.5 Å². The lowest BCUT2D eigenvalue weighted by molar-refractivity contribution is -0.790. The Morgan fingerprint density at radius 2 is 1.32 bits per heavy atom. The van der Waals surface area contributed by atoms with Crippen LogP contribution in [0.5, 0.6) is 23.1 Å². The van der Waals surface area contributed by atoms with Crippen LogP contribution >= 0.6 is 0 Å². The molecule has 31 nitrogen and oxygen atoms in total. The highest BCUT2D eigenvalue weighted by Gasteiger charge is 2.39. The number of benzene rings is 2. The maximum Gasteiger partial charge on any atom is 0.510 e. The van der Waals surface area contributed by atoms with E-state index in [2.05, 4.69) is 39.3 Å². The summed E-state index contributed by atoms with van der Waals surface area (Å²) < 4.78 is 64.7. The van der Waals surface area contributed by atoms with Crippen molar-refractivity contribution in [1.29, 1.82) is 0 Å². The van der Waals surface area contributed by atoms with Crippen LogP contribution in [0.15, 0.2) is 71.9 Å². The van der Waals surface area contributed by atoms with E-state index in [9.17, 15) is 50.0 Å². The van der Waals surface area contributed by atoms with E-state index in [0.29, 0.717) is 4.31 Å². The van der Waals surface area contributed by atoms with Crippen LogP contribution in [0, 0.1) is 40.5 Å². The molecule has 0 saturated heterocycles. The standard InChI is InChI=1S/C41H49N9O22S/c1-27(69-40(52)66-22-9-12-30(72-50(59)60)26-68-48(55)56)46(73(61,62)31-18-16-28(17-19-31)41(2,3)4)38-35(70-33-14-7-6-13-32(33)63-5)39(45-37(44-38)36-42-20-10-21-43-36)65-24-23-64-34(51)15-8-11-29(71-49(57)58)25-67-47(53)54/h6-7,10,13-14,16-21,27,29-30H,8-9,11-12,15,22-26H2,1-5H3. The Balaban J connectivity index is 1.77. The average molecular weight is 1050 g/mol. The van der Waals surface area contributed by atoms with E-state index in [4.69, 9.17) is 28.4 Å². The Hall–Kier alpha value is -8.71. The molecule has 0 bridgehead atoms. The normalized spacial score (nSPS) is 12.4. The van der Waals surface area contributed by atoms with Gasteiger partial charge in [-0.3, -0.25) is 4.79 Å². The topological polar surface area (TPSA) is 388 Å². The zero-order valence-corrected chi connectivity index (χ0v) is 40.4. The van der Waals surface area contributed by atoms with Crippen molar-refractivity contribution in [3.8, 4) is 34.8 Å². The lowest BCUT2D eigenvalue weighted by Crippen LogP contribution is -2.42. The number of para-hydroxylation sites is 2. The van der Waals surface area contributed by atoms with E-state index in [1.807, 2.05) is 20.8 Å². The van der Waals surface area contributed by atoms with E-state index in [1.54, 1.807) is 24.3 Å². The molecule has 0 N–H and O–H groups in total. The summed E-state index contributed by atoms with van der Waals surface area (Å²) in [4.78, 5) is 103. The second-order valence-electron chi connectivity index (χ2n) is 15.8. The molecule has 32 heteroatoms. The molecule has 0 fully saturated rings. The number of ether oxygens (including phenoxy) is 6. The van der Waals surface area contributed by atoms with Gasteiger partial charge in [0.25, 0.3) is 36.2 Å². The van der Waals surface area contributed by atoms with Crippen molar-refractivity contribution in [2.75, 3.05) is 44.4 Å². The van der Waals surface area contributed by atoms with Crippen molar-refractivity contribution in [2.24, 2.45) is 0 Å². The van der Waals surface area contributed by atoms with Gasteiger partial charge in [0.1, 0.15) is 38.6 Å². The lowest BCUT2D eigenvalue weighted by atomic mass is 9.87. The number of rotatable bonds is 31. The van der Waals surface area contributed by atoms with Crippen LogP contribution < -0.4 is 18.5 Å². The molecule has 0 saturated carbocycles. The highest BCUT2D eigenvalue weighted by atomic mass is 32.2. The number of carbonyl (C=O) groups is 2. The molecule has 0 aliphatic rings. The van der Waals surface area contributed by atoms with E-state index in [-0.39, 0.29) is 60.1 Å². The Morgan fingerprint density at radius 3 is 1.88 bits per heavy atom. The van der Waals surface area contributed by atoms with Crippen molar-refractivity contribution in [3.63, 3.8) is 0 Å². The third kappa shape index (κ3) is 18.2. The van der Waals surface area contributed by atoms with Gasteiger partial charge in [0, 0.05) is 18.8 Å². The van der Waals surface area contributed by atoms with Crippen LogP contribution in [0.2, 0.25) is 0 Å². The number of aromatic nitrogens is 4. The van der Waals surface area contributed by atoms with Crippen LogP contribution in [0.1, 0.15) is 65.4 Å². The Kier molecular flexibility index (Phi) is 21.1. The molecule has 0 spiro atoms. The molecule has 3 atom stereocenters. The summed E-state index contributed by atoms with van der Waals surface area (Å²) in [5.74, 6) is -2.98. The van der Waals surface area contributed by atoms with Crippen LogP contribution in [-0.4, -0.2) is 119 Å². The zero-order chi connectivity index (χ0) is 53.7. The van der Waals surface area contributed by atoms with Gasteiger partial charge in [-0.25, -0.2) is 32.5 Å². The van der Waals surface area contributed by atoms with Crippen LogP contribution in [0.3, 0.4) is 0 Å².